The van der Waals surface area contributed by atoms with Crippen molar-refractivity contribution in [1.82, 2.24) is 0 Å². The molecule has 2 aliphatic rings. The average molecular weight is 286 g/mol. The Labute approximate surface area is 121 Å². The first kappa shape index (κ1) is 13.4. The van der Waals surface area contributed by atoms with Gasteiger partial charge in [0.15, 0.2) is 11.6 Å². The van der Waals surface area contributed by atoms with E-state index in [0.717, 1.165) is 5.57 Å². The predicted octanol–water partition coefficient (Wildman–Crippen LogP) is 2.41. The van der Waals surface area contributed by atoms with Crippen LogP contribution in [0.4, 0.5) is 0 Å². The van der Waals surface area contributed by atoms with Crippen molar-refractivity contribution in [2.75, 3.05) is 7.11 Å². The lowest BCUT2D eigenvalue weighted by atomic mass is 9.70. The second-order valence-electron chi connectivity index (χ2n) is 5.28. The average Bonchev–Trinajstić information content (AvgIpc) is 2.43. The number of methoxy groups -OCH3 is 1. The van der Waals surface area contributed by atoms with E-state index in [2.05, 4.69) is 0 Å². The van der Waals surface area contributed by atoms with Gasteiger partial charge in [-0.25, -0.2) is 0 Å². The summed E-state index contributed by atoms with van der Waals surface area (Å²) in [5, 5.41) is 20.0. The number of phenols is 1. The lowest BCUT2D eigenvalue weighted by Crippen LogP contribution is -2.38. The fourth-order valence-corrected chi connectivity index (χ4v) is 2.97. The van der Waals surface area contributed by atoms with Crippen molar-refractivity contribution in [2.24, 2.45) is 11.8 Å². The molecule has 21 heavy (non-hydrogen) atoms. The number of ketones is 2. The van der Waals surface area contributed by atoms with Gasteiger partial charge in [0.05, 0.1) is 24.5 Å². The molecule has 5 heteroatoms. The minimum absolute atomic E-state index is 0.0463. The molecule has 0 saturated heterocycles. The number of hydrogen-bond acceptors (Lipinski definition) is 5. The fourth-order valence-electron chi connectivity index (χ4n) is 2.97. The Kier molecular flexibility index (Phi) is 2.86. The van der Waals surface area contributed by atoms with E-state index in [-0.39, 0.29) is 28.4 Å². The van der Waals surface area contributed by atoms with Crippen LogP contribution in [0, 0.1) is 11.8 Å². The zero-order valence-electron chi connectivity index (χ0n) is 11.6. The van der Waals surface area contributed by atoms with Gasteiger partial charge >= 0.3 is 0 Å². The third kappa shape index (κ3) is 1.85. The minimum Gasteiger partial charge on any atom is -0.511 e. The van der Waals surface area contributed by atoms with Crippen molar-refractivity contribution in [2.45, 2.75) is 6.92 Å². The Morgan fingerprint density at radius 1 is 1.14 bits per heavy atom. The number of fused-ring (bicyclic) bond motifs is 2. The molecule has 0 fully saturated rings. The number of benzene rings is 1. The van der Waals surface area contributed by atoms with Crippen LogP contribution in [0.25, 0.3) is 0 Å². The summed E-state index contributed by atoms with van der Waals surface area (Å²) in [5.74, 6) is -2.58. The number of rotatable bonds is 1. The monoisotopic (exact) mass is 286 g/mol. The molecular formula is C16H14O5. The maximum Gasteiger partial charge on any atom is 0.178 e. The maximum absolute atomic E-state index is 12.6. The molecule has 2 N–H and O–H groups in total. The molecule has 0 aliphatic heterocycles. The molecule has 0 heterocycles. The van der Waals surface area contributed by atoms with Gasteiger partial charge in [-0.3, -0.25) is 9.59 Å². The van der Waals surface area contributed by atoms with Crippen LogP contribution in [0.1, 0.15) is 27.6 Å². The Morgan fingerprint density at radius 3 is 2.52 bits per heavy atom. The largest absolute Gasteiger partial charge is 0.511 e. The Balaban J connectivity index is 2.24. The van der Waals surface area contributed by atoms with Crippen LogP contribution in [-0.4, -0.2) is 28.9 Å². The Morgan fingerprint density at radius 2 is 1.86 bits per heavy atom. The third-order valence-electron chi connectivity index (χ3n) is 3.92. The maximum atomic E-state index is 12.6. The zero-order chi connectivity index (χ0) is 15.3. The van der Waals surface area contributed by atoms with Gasteiger partial charge in [-0.05, 0) is 19.1 Å². The molecule has 3 rings (SSSR count). The Bertz CT molecular complexity index is 726. The summed E-state index contributed by atoms with van der Waals surface area (Å²) in [7, 11) is 1.42. The second-order valence-corrected chi connectivity index (χ2v) is 5.28. The first-order valence-electron chi connectivity index (χ1n) is 6.52. The molecular weight excluding hydrogens is 272 g/mol. The Hall–Kier alpha value is -2.56. The quantitative estimate of drug-likeness (QED) is 0.828. The van der Waals surface area contributed by atoms with E-state index in [0.29, 0.717) is 5.75 Å². The van der Waals surface area contributed by atoms with Gasteiger partial charge in [-0.15, -0.1) is 0 Å². The van der Waals surface area contributed by atoms with E-state index in [1.165, 1.54) is 25.3 Å². The number of allylic oxidation sites excluding steroid dienone is 4. The number of Topliss-reactive ketones (excluding diaryl/α,β-unsaturated/α-hetero) is 2. The summed E-state index contributed by atoms with van der Waals surface area (Å²) >= 11 is 0. The van der Waals surface area contributed by atoms with Crippen LogP contribution in [0.5, 0.6) is 11.5 Å². The zero-order valence-corrected chi connectivity index (χ0v) is 11.6. The number of carbonyl (C=O) groups is 2. The van der Waals surface area contributed by atoms with Crippen molar-refractivity contribution in [1.29, 1.82) is 0 Å². The number of aliphatic hydroxyl groups excluding tert-OH is 1. The molecule has 0 amide bonds. The summed E-state index contributed by atoms with van der Waals surface area (Å²) in [6, 6.07) is 2.74. The standard InChI is InChI=1S/C16H14O5/c1-7-3-9-13(11(17)4-7)16(20)14-10(15(9)19)5-8(21-2)6-12(14)18/h3-6,9,13,17-18H,1-2H3/t9-,13-/m0/s1. The predicted molar refractivity (Wildman–Crippen MR) is 74.8 cm³/mol. The topological polar surface area (TPSA) is 83.8 Å². The highest BCUT2D eigenvalue weighted by molar-refractivity contribution is 6.19. The number of hydrogen-bond donors (Lipinski definition) is 2. The van der Waals surface area contributed by atoms with Crippen LogP contribution in [0.3, 0.4) is 0 Å². The number of phenolic OH excluding ortho intramolecular Hbond substituents is 1. The van der Waals surface area contributed by atoms with Gasteiger partial charge in [0.2, 0.25) is 0 Å². The van der Waals surface area contributed by atoms with Gasteiger partial charge in [0.25, 0.3) is 0 Å². The van der Waals surface area contributed by atoms with E-state index in [4.69, 9.17) is 4.74 Å². The van der Waals surface area contributed by atoms with E-state index in [1.54, 1.807) is 13.0 Å². The summed E-state index contributed by atoms with van der Waals surface area (Å²) in [5.41, 5.74) is 0.817. The normalized spacial score (nSPS) is 23.9. The molecule has 5 nitrogen and oxygen atoms in total. The molecule has 1 aromatic rings. The summed E-state index contributed by atoms with van der Waals surface area (Å²) < 4.78 is 5.02. The molecule has 0 saturated carbocycles. The van der Waals surface area contributed by atoms with Gasteiger partial charge in [0, 0.05) is 11.6 Å². The SMILES string of the molecule is COc1cc(O)c2c(c1)C(=O)[C@H]1C=C(C)C=C(O)[C@H]1C2=O. The van der Waals surface area contributed by atoms with E-state index < -0.39 is 17.6 Å². The van der Waals surface area contributed by atoms with Crippen molar-refractivity contribution >= 4 is 11.6 Å². The van der Waals surface area contributed by atoms with E-state index in [9.17, 15) is 19.8 Å². The molecule has 0 spiro atoms. The summed E-state index contributed by atoms with van der Waals surface area (Å²) in [6.07, 6.45) is 3.14. The number of ether oxygens (including phenoxy) is 1. The molecule has 0 radical (unpaired) electrons. The molecule has 108 valence electrons. The number of aromatic hydroxyl groups is 1. The van der Waals surface area contributed by atoms with Gasteiger partial charge < -0.3 is 14.9 Å². The van der Waals surface area contributed by atoms with Crippen LogP contribution >= 0.6 is 0 Å². The molecule has 1 aromatic carbocycles. The minimum atomic E-state index is -0.951. The second kappa shape index (κ2) is 4.48. The highest BCUT2D eigenvalue weighted by atomic mass is 16.5. The van der Waals surface area contributed by atoms with Gasteiger partial charge in [-0.1, -0.05) is 11.6 Å². The van der Waals surface area contributed by atoms with E-state index >= 15 is 0 Å². The molecule has 0 unspecified atom stereocenters. The van der Waals surface area contributed by atoms with Crippen LogP contribution in [0.2, 0.25) is 0 Å². The van der Waals surface area contributed by atoms with Crippen molar-refractivity contribution < 1.29 is 24.5 Å². The molecule has 0 aromatic heterocycles. The van der Waals surface area contributed by atoms with Crippen molar-refractivity contribution in [3.05, 3.63) is 46.7 Å². The third-order valence-corrected chi connectivity index (χ3v) is 3.92. The summed E-state index contributed by atoms with van der Waals surface area (Å²) in [6.45, 7) is 1.75. The molecule has 0 bridgehead atoms. The molecule has 2 atom stereocenters. The van der Waals surface area contributed by atoms with Gasteiger partial charge in [-0.2, -0.15) is 0 Å². The van der Waals surface area contributed by atoms with Crippen molar-refractivity contribution in [3.8, 4) is 11.5 Å². The van der Waals surface area contributed by atoms with Crippen LogP contribution < -0.4 is 4.74 Å². The highest BCUT2D eigenvalue weighted by Crippen LogP contribution is 2.42. The molecule has 2 aliphatic carbocycles. The lowest BCUT2D eigenvalue weighted by Gasteiger charge is -2.31. The first-order valence-corrected chi connectivity index (χ1v) is 6.52. The van der Waals surface area contributed by atoms with Crippen LogP contribution in [-0.2, 0) is 0 Å². The van der Waals surface area contributed by atoms with E-state index in [1.807, 2.05) is 0 Å². The lowest BCUT2D eigenvalue weighted by molar-refractivity contribution is 0.0754. The van der Waals surface area contributed by atoms with Gasteiger partial charge in [0.1, 0.15) is 17.3 Å². The highest BCUT2D eigenvalue weighted by Gasteiger charge is 2.45. The first-order chi connectivity index (χ1) is 9.93. The fraction of sp³-hybridized carbons (Fsp3) is 0.250. The smallest absolute Gasteiger partial charge is 0.178 e. The van der Waals surface area contributed by atoms with Crippen LogP contribution in [0.15, 0.2) is 35.6 Å². The number of aliphatic hydroxyl groups is 1. The number of carbonyl (C=O) groups excluding carboxylic acids is 2. The summed E-state index contributed by atoms with van der Waals surface area (Å²) in [4.78, 5) is 25.2. The van der Waals surface area contributed by atoms with Crippen molar-refractivity contribution in [3.63, 3.8) is 0 Å².